The van der Waals surface area contributed by atoms with E-state index in [1.54, 1.807) is 37.3 Å². The Morgan fingerprint density at radius 3 is 2.09 bits per heavy atom. The van der Waals surface area contributed by atoms with Gasteiger partial charge in [-0.3, -0.25) is 9.52 Å². The van der Waals surface area contributed by atoms with Crippen molar-refractivity contribution in [3.63, 3.8) is 0 Å². The second-order valence-electron chi connectivity index (χ2n) is 7.15. The first-order valence-corrected chi connectivity index (χ1v) is 13.2. The lowest BCUT2D eigenvalue weighted by molar-refractivity contribution is 0.0940. The van der Waals surface area contributed by atoms with E-state index in [1.807, 2.05) is 0 Å². The van der Waals surface area contributed by atoms with Crippen LogP contribution < -0.4 is 10.0 Å². The summed E-state index contributed by atoms with van der Waals surface area (Å²) < 4.78 is 50.7. The molecule has 1 amide bonds. The van der Waals surface area contributed by atoms with Crippen LogP contribution in [0.4, 0.5) is 5.69 Å². The van der Waals surface area contributed by atoms with E-state index in [0.29, 0.717) is 5.56 Å². The number of sulfonamides is 1. The van der Waals surface area contributed by atoms with Crippen molar-refractivity contribution in [2.75, 3.05) is 11.0 Å². The molecule has 0 spiro atoms. The zero-order chi connectivity index (χ0) is 23.5. The number of sulfone groups is 1. The van der Waals surface area contributed by atoms with Crippen molar-refractivity contribution in [2.24, 2.45) is 0 Å². The van der Waals surface area contributed by atoms with Crippen molar-refractivity contribution in [3.05, 3.63) is 88.9 Å². The molecule has 0 aromatic heterocycles. The van der Waals surface area contributed by atoms with E-state index in [9.17, 15) is 21.6 Å². The number of carbonyl (C=O) groups excluding carboxylic acids is 1. The van der Waals surface area contributed by atoms with Gasteiger partial charge in [-0.05, 0) is 55.0 Å². The second-order valence-corrected chi connectivity index (χ2v) is 11.3. The molecule has 3 aromatic rings. The van der Waals surface area contributed by atoms with Crippen LogP contribution in [0.1, 0.15) is 28.9 Å². The van der Waals surface area contributed by atoms with Gasteiger partial charge in [0.25, 0.3) is 15.9 Å². The largest absolute Gasteiger partial charge is 0.345 e. The van der Waals surface area contributed by atoms with Gasteiger partial charge in [0.2, 0.25) is 0 Å². The molecule has 0 saturated carbocycles. The Morgan fingerprint density at radius 1 is 0.875 bits per heavy atom. The SMILES string of the molecule is C[C@@H](NC(=O)c1cc(NS(=O)(=O)c2ccccc2)ccc1Cl)c1ccc(S(C)(=O)=O)cc1. The molecule has 0 radical (unpaired) electrons. The molecule has 3 rings (SSSR count). The maximum Gasteiger partial charge on any atom is 0.261 e. The maximum atomic E-state index is 12.8. The summed E-state index contributed by atoms with van der Waals surface area (Å²) in [4.78, 5) is 13.1. The van der Waals surface area contributed by atoms with Gasteiger partial charge in [-0.2, -0.15) is 0 Å². The molecule has 168 valence electrons. The molecule has 0 fully saturated rings. The van der Waals surface area contributed by atoms with Crippen LogP contribution in [0.15, 0.2) is 82.6 Å². The van der Waals surface area contributed by atoms with Gasteiger partial charge in [0.15, 0.2) is 9.84 Å². The Morgan fingerprint density at radius 2 is 1.50 bits per heavy atom. The van der Waals surface area contributed by atoms with Crippen LogP contribution in [0.2, 0.25) is 5.02 Å². The average molecular weight is 493 g/mol. The minimum Gasteiger partial charge on any atom is -0.345 e. The topological polar surface area (TPSA) is 109 Å². The Hall–Kier alpha value is -2.88. The summed E-state index contributed by atoms with van der Waals surface area (Å²) in [5.41, 5.74) is 0.982. The number of nitrogens with one attached hydrogen (secondary N) is 2. The molecule has 0 saturated heterocycles. The van der Waals surface area contributed by atoms with Crippen LogP contribution in [0.3, 0.4) is 0 Å². The zero-order valence-electron chi connectivity index (χ0n) is 17.2. The lowest BCUT2D eigenvalue weighted by Crippen LogP contribution is -2.27. The molecule has 7 nitrogen and oxygen atoms in total. The third-order valence-corrected chi connectivity index (χ3v) is 7.53. The lowest BCUT2D eigenvalue weighted by atomic mass is 10.1. The zero-order valence-corrected chi connectivity index (χ0v) is 19.6. The second kappa shape index (κ2) is 9.32. The molecule has 32 heavy (non-hydrogen) atoms. The third kappa shape index (κ3) is 5.67. The lowest BCUT2D eigenvalue weighted by Gasteiger charge is -2.16. The molecule has 0 aliphatic carbocycles. The highest BCUT2D eigenvalue weighted by Crippen LogP contribution is 2.24. The van der Waals surface area contributed by atoms with Crippen molar-refractivity contribution >= 4 is 43.1 Å². The van der Waals surface area contributed by atoms with Crippen molar-refractivity contribution in [1.82, 2.24) is 5.32 Å². The molecule has 2 N–H and O–H groups in total. The highest BCUT2D eigenvalue weighted by atomic mass is 35.5. The van der Waals surface area contributed by atoms with Gasteiger partial charge in [0.1, 0.15) is 0 Å². The standard InChI is InChI=1S/C22H21ClN2O5S2/c1-15(16-8-11-18(12-9-16)31(2,27)28)24-22(26)20-14-17(10-13-21(20)23)25-32(29,30)19-6-4-3-5-7-19/h3-15,25H,1-2H3,(H,24,26)/t15-/m1/s1. The molecule has 10 heteroatoms. The third-order valence-electron chi connectivity index (χ3n) is 4.67. The van der Waals surface area contributed by atoms with Gasteiger partial charge in [0.05, 0.1) is 26.4 Å². The molecule has 3 aromatic carbocycles. The summed E-state index contributed by atoms with van der Waals surface area (Å²) in [5, 5.41) is 2.94. The van der Waals surface area contributed by atoms with E-state index >= 15 is 0 Å². The van der Waals surface area contributed by atoms with Crippen LogP contribution in [0.5, 0.6) is 0 Å². The number of anilines is 1. The van der Waals surface area contributed by atoms with Crippen molar-refractivity contribution < 1.29 is 21.6 Å². The number of halogens is 1. The van der Waals surface area contributed by atoms with Gasteiger partial charge >= 0.3 is 0 Å². The molecule has 0 heterocycles. The van der Waals surface area contributed by atoms with Crippen molar-refractivity contribution in [1.29, 1.82) is 0 Å². The van der Waals surface area contributed by atoms with Crippen LogP contribution >= 0.6 is 11.6 Å². The smallest absolute Gasteiger partial charge is 0.261 e. The monoisotopic (exact) mass is 492 g/mol. The molecule has 0 unspecified atom stereocenters. The minimum absolute atomic E-state index is 0.0899. The number of hydrogen-bond acceptors (Lipinski definition) is 5. The quantitative estimate of drug-likeness (QED) is 0.517. The van der Waals surface area contributed by atoms with Crippen molar-refractivity contribution in [2.45, 2.75) is 22.8 Å². The highest BCUT2D eigenvalue weighted by molar-refractivity contribution is 7.92. The predicted molar refractivity (Wildman–Crippen MR) is 124 cm³/mol. The summed E-state index contributed by atoms with van der Waals surface area (Å²) >= 11 is 6.17. The van der Waals surface area contributed by atoms with Gasteiger partial charge in [0, 0.05) is 11.9 Å². The van der Waals surface area contributed by atoms with Crippen molar-refractivity contribution in [3.8, 4) is 0 Å². The normalized spacial score (nSPS) is 12.7. The van der Waals surface area contributed by atoms with Gasteiger partial charge in [-0.25, -0.2) is 16.8 Å². The first kappa shape index (κ1) is 23.8. The summed E-state index contributed by atoms with van der Waals surface area (Å²) in [7, 11) is -7.14. The number of rotatable bonds is 7. The van der Waals surface area contributed by atoms with E-state index in [1.165, 1.54) is 42.5 Å². The Labute approximate surface area is 192 Å². The number of benzene rings is 3. The molecule has 1 atom stereocenters. The maximum absolute atomic E-state index is 12.8. The van der Waals surface area contributed by atoms with Gasteiger partial charge in [-0.15, -0.1) is 0 Å². The van der Waals surface area contributed by atoms with Crippen LogP contribution in [0, 0.1) is 0 Å². The summed E-state index contributed by atoms with van der Waals surface area (Å²) in [6, 6.07) is 17.8. The summed E-state index contributed by atoms with van der Waals surface area (Å²) in [5.74, 6) is -0.504. The first-order chi connectivity index (χ1) is 15.0. The average Bonchev–Trinajstić information content (AvgIpc) is 2.75. The van der Waals surface area contributed by atoms with Crippen LogP contribution in [0.25, 0.3) is 0 Å². The molecular weight excluding hydrogens is 472 g/mol. The molecular formula is C22H21ClN2O5S2. The first-order valence-electron chi connectivity index (χ1n) is 9.46. The Bertz CT molecular complexity index is 1340. The Balaban J connectivity index is 1.78. The number of carbonyl (C=O) groups is 1. The molecule has 0 aliphatic rings. The van der Waals surface area contributed by atoms with E-state index < -0.39 is 31.8 Å². The van der Waals surface area contributed by atoms with Gasteiger partial charge < -0.3 is 5.32 Å². The minimum atomic E-state index is -3.82. The summed E-state index contributed by atoms with van der Waals surface area (Å²) in [6.45, 7) is 1.74. The molecule has 0 bridgehead atoms. The fraction of sp³-hybridized carbons (Fsp3) is 0.136. The fourth-order valence-corrected chi connectivity index (χ4v) is 4.84. The highest BCUT2D eigenvalue weighted by Gasteiger charge is 2.18. The van der Waals surface area contributed by atoms with E-state index in [2.05, 4.69) is 10.0 Å². The van der Waals surface area contributed by atoms with E-state index in [0.717, 1.165) is 6.26 Å². The number of amides is 1. The van der Waals surface area contributed by atoms with Gasteiger partial charge in [-0.1, -0.05) is 41.9 Å². The fourth-order valence-electron chi connectivity index (χ4n) is 2.94. The van der Waals surface area contributed by atoms with Crippen LogP contribution in [-0.4, -0.2) is 29.0 Å². The van der Waals surface area contributed by atoms with Crippen LogP contribution in [-0.2, 0) is 19.9 Å². The van der Waals surface area contributed by atoms with E-state index in [-0.39, 0.29) is 26.1 Å². The Kier molecular flexibility index (Phi) is 6.92. The number of hydrogen-bond donors (Lipinski definition) is 2. The summed E-state index contributed by atoms with van der Waals surface area (Å²) in [6.07, 6.45) is 1.12. The molecule has 0 aliphatic heterocycles. The van der Waals surface area contributed by atoms with E-state index in [4.69, 9.17) is 11.6 Å². The predicted octanol–water partition coefficient (Wildman–Crippen LogP) is 4.04.